The molecule has 0 bridgehead atoms. The van der Waals surface area contributed by atoms with E-state index in [0.717, 1.165) is 76.9 Å². The van der Waals surface area contributed by atoms with Crippen molar-refractivity contribution >= 4 is 5.91 Å². The molecule has 196 valence electrons. The normalized spacial score (nSPS) is 23.0. The molecule has 6 heteroatoms. The third kappa shape index (κ3) is 6.58. The lowest BCUT2D eigenvalue weighted by Gasteiger charge is -2.36. The van der Waals surface area contributed by atoms with Gasteiger partial charge in [0.25, 0.3) is 0 Å². The summed E-state index contributed by atoms with van der Waals surface area (Å²) in [7, 11) is 0. The number of fused-ring (bicyclic) bond motifs is 1. The largest absolute Gasteiger partial charge is 0.493 e. The molecule has 2 atom stereocenters. The Balaban J connectivity index is 1.49. The Morgan fingerprint density at radius 1 is 1.09 bits per heavy atom. The Bertz CT molecular complexity index is 828. The van der Waals surface area contributed by atoms with E-state index < -0.39 is 0 Å². The topological polar surface area (TPSA) is 51.2 Å². The molecule has 3 heterocycles. The summed E-state index contributed by atoms with van der Waals surface area (Å²) in [6.07, 6.45) is 7.22. The number of nitrogens with zero attached hydrogens (tertiary/aromatic N) is 2. The molecule has 1 aromatic rings. The van der Waals surface area contributed by atoms with Crippen LogP contribution in [0.2, 0.25) is 0 Å². The summed E-state index contributed by atoms with van der Waals surface area (Å²) < 4.78 is 17.5. The molecule has 4 rings (SSSR count). The van der Waals surface area contributed by atoms with Gasteiger partial charge in [0.05, 0.1) is 26.4 Å². The first kappa shape index (κ1) is 26.4. The van der Waals surface area contributed by atoms with Crippen LogP contribution in [-0.4, -0.2) is 74.0 Å². The molecule has 0 unspecified atom stereocenters. The smallest absolute Gasteiger partial charge is 0.236 e. The minimum atomic E-state index is -0.165. The molecule has 0 radical (unpaired) electrons. The number of rotatable bonds is 12. The van der Waals surface area contributed by atoms with Crippen LogP contribution >= 0.6 is 0 Å². The summed E-state index contributed by atoms with van der Waals surface area (Å²) in [5, 5.41) is 0. The second-order valence-electron chi connectivity index (χ2n) is 11.3. The van der Waals surface area contributed by atoms with Crippen LogP contribution in [0.25, 0.3) is 0 Å². The van der Waals surface area contributed by atoms with Crippen molar-refractivity contribution in [2.75, 3.05) is 46.0 Å². The van der Waals surface area contributed by atoms with Gasteiger partial charge in [-0.15, -0.1) is 0 Å². The van der Waals surface area contributed by atoms with E-state index in [-0.39, 0.29) is 17.6 Å². The average molecular weight is 487 g/mol. The first-order valence-corrected chi connectivity index (χ1v) is 13.9. The molecule has 1 amide bonds. The molecule has 1 aromatic carbocycles. The van der Waals surface area contributed by atoms with Crippen LogP contribution in [0.15, 0.2) is 18.2 Å². The molecule has 0 aromatic heterocycles. The maximum absolute atomic E-state index is 13.5. The molecular formula is C29H46N2O4. The van der Waals surface area contributed by atoms with Gasteiger partial charge in [-0.05, 0) is 48.8 Å². The van der Waals surface area contributed by atoms with Gasteiger partial charge in [-0.25, -0.2) is 0 Å². The van der Waals surface area contributed by atoms with E-state index in [1.54, 1.807) is 0 Å². The van der Waals surface area contributed by atoms with E-state index >= 15 is 0 Å². The van der Waals surface area contributed by atoms with Crippen LogP contribution in [0.3, 0.4) is 0 Å². The maximum Gasteiger partial charge on any atom is 0.236 e. The van der Waals surface area contributed by atoms with Gasteiger partial charge < -0.3 is 19.1 Å². The van der Waals surface area contributed by atoms with E-state index in [4.69, 9.17) is 14.2 Å². The quantitative estimate of drug-likeness (QED) is 0.416. The van der Waals surface area contributed by atoms with Gasteiger partial charge in [0.1, 0.15) is 5.75 Å². The maximum atomic E-state index is 13.5. The molecule has 0 saturated carbocycles. The lowest BCUT2D eigenvalue weighted by atomic mass is 9.82. The number of hydrogen-bond acceptors (Lipinski definition) is 5. The summed E-state index contributed by atoms with van der Waals surface area (Å²) in [6.45, 7) is 14.2. The highest BCUT2D eigenvalue weighted by molar-refractivity contribution is 5.78. The minimum absolute atomic E-state index is 0.104. The monoisotopic (exact) mass is 486 g/mol. The molecular weight excluding hydrogens is 440 g/mol. The highest BCUT2D eigenvalue weighted by Gasteiger charge is 2.42. The van der Waals surface area contributed by atoms with Crippen molar-refractivity contribution in [3.8, 4) is 5.75 Å². The lowest BCUT2D eigenvalue weighted by Crippen LogP contribution is -2.45. The van der Waals surface area contributed by atoms with Crippen molar-refractivity contribution in [1.29, 1.82) is 0 Å². The van der Waals surface area contributed by atoms with Crippen molar-refractivity contribution in [3.63, 3.8) is 0 Å². The van der Waals surface area contributed by atoms with Crippen LogP contribution in [0, 0.1) is 5.41 Å². The zero-order chi connectivity index (χ0) is 24.8. The van der Waals surface area contributed by atoms with Gasteiger partial charge in [-0.3, -0.25) is 9.69 Å². The average Bonchev–Trinajstić information content (AvgIpc) is 3.60. The lowest BCUT2D eigenvalue weighted by molar-refractivity contribution is -0.135. The van der Waals surface area contributed by atoms with E-state index in [0.29, 0.717) is 31.7 Å². The Hall–Kier alpha value is -1.63. The molecule has 3 aliphatic rings. The number of carbonyl (C=O) groups is 1. The van der Waals surface area contributed by atoms with Gasteiger partial charge in [0.15, 0.2) is 6.29 Å². The Labute approximate surface area is 212 Å². The molecule has 2 fully saturated rings. The summed E-state index contributed by atoms with van der Waals surface area (Å²) >= 11 is 0. The Kier molecular flexibility index (Phi) is 9.12. The van der Waals surface area contributed by atoms with Crippen LogP contribution in [0.5, 0.6) is 5.75 Å². The van der Waals surface area contributed by atoms with Crippen molar-refractivity contribution in [1.82, 2.24) is 9.80 Å². The van der Waals surface area contributed by atoms with Crippen molar-refractivity contribution < 1.29 is 19.0 Å². The molecule has 35 heavy (non-hydrogen) atoms. The zero-order valence-corrected chi connectivity index (χ0v) is 22.4. The third-order valence-electron chi connectivity index (χ3n) is 7.99. The zero-order valence-electron chi connectivity index (χ0n) is 22.4. The van der Waals surface area contributed by atoms with Gasteiger partial charge >= 0.3 is 0 Å². The summed E-state index contributed by atoms with van der Waals surface area (Å²) in [6, 6.07) is 7.05. The van der Waals surface area contributed by atoms with Crippen LogP contribution in [0.4, 0.5) is 0 Å². The Morgan fingerprint density at radius 3 is 2.49 bits per heavy atom. The van der Waals surface area contributed by atoms with Crippen LogP contribution < -0.4 is 4.74 Å². The number of amides is 1. The van der Waals surface area contributed by atoms with Gasteiger partial charge in [0.2, 0.25) is 5.91 Å². The SMILES string of the molecule is CCCCN(CCCC)C(=O)CN1C[C@H](c2ccc3c(c2)CCO3)C[C@@H]1CC(C)(C)C1OCCO1. The predicted octanol–water partition coefficient (Wildman–Crippen LogP) is 5.00. The van der Waals surface area contributed by atoms with Gasteiger partial charge in [-0.1, -0.05) is 52.7 Å². The molecule has 6 nitrogen and oxygen atoms in total. The summed E-state index contributed by atoms with van der Waals surface area (Å²) in [4.78, 5) is 18.1. The fraction of sp³-hybridized carbons (Fsp3) is 0.759. The number of hydrogen-bond donors (Lipinski definition) is 0. The summed E-state index contributed by atoms with van der Waals surface area (Å²) in [5.74, 6) is 1.75. The minimum Gasteiger partial charge on any atom is -0.493 e. The van der Waals surface area contributed by atoms with E-state index in [2.05, 4.69) is 55.7 Å². The molecule has 2 saturated heterocycles. The standard InChI is InChI=1S/C29H46N2O4/c1-5-7-12-30(13-8-6-2)27(32)21-31-20-24(22-9-10-26-23(17-22)11-14-33-26)18-25(31)19-29(3,4)28-34-15-16-35-28/h9-10,17,24-25,28H,5-8,11-16,18-21H2,1-4H3/t24-,25-/m1/s1. The van der Waals surface area contributed by atoms with Crippen molar-refractivity contribution in [2.24, 2.45) is 5.41 Å². The third-order valence-corrected chi connectivity index (χ3v) is 7.99. The fourth-order valence-electron chi connectivity index (χ4n) is 5.94. The van der Waals surface area contributed by atoms with Gasteiger partial charge in [0, 0.05) is 37.5 Å². The molecule has 0 N–H and O–H groups in total. The van der Waals surface area contributed by atoms with Crippen molar-refractivity contribution in [3.05, 3.63) is 29.3 Å². The van der Waals surface area contributed by atoms with E-state index in [1.165, 1.54) is 11.1 Å². The van der Waals surface area contributed by atoms with Crippen LogP contribution in [0.1, 0.15) is 83.3 Å². The van der Waals surface area contributed by atoms with E-state index in [9.17, 15) is 4.79 Å². The first-order valence-electron chi connectivity index (χ1n) is 13.9. The second kappa shape index (κ2) is 12.1. The molecule has 3 aliphatic heterocycles. The second-order valence-corrected chi connectivity index (χ2v) is 11.3. The van der Waals surface area contributed by atoms with Gasteiger partial charge in [-0.2, -0.15) is 0 Å². The molecule has 0 aliphatic carbocycles. The fourth-order valence-corrected chi connectivity index (χ4v) is 5.94. The number of ether oxygens (including phenoxy) is 3. The first-order chi connectivity index (χ1) is 16.9. The number of likely N-dealkylation sites (tertiary alicyclic amines) is 1. The van der Waals surface area contributed by atoms with Crippen LogP contribution in [-0.2, 0) is 20.7 Å². The number of benzene rings is 1. The van der Waals surface area contributed by atoms with Crippen molar-refractivity contribution in [2.45, 2.75) is 90.9 Å². The highest BCUT2D eigenvalue weighted by atomic mass is 16.7. The van der Waals surface area contributed by atoms with E-state index in [1.807, 2.05) is 0 Å². The predicted molar refractivity (Wildman–Crippen MR) is 139 cm³/mol. The Morgan fingerprint density at radius 2 is 1.80 bits per heavy atom. The summed E-state index contributed by atoms with van der Waals surface area (Å²) in [5.41, 5.74) is 2.61. The number of unbranched alkanes of at least 4 members (excludes halogenated alkanes) is 2. The number of carbonyl (C=O) groups excluding carboxylic acids is 1. The highest BCUT2D eigenvalue weighted by Crippen LogP contribution is 2.41. The molecule has 0 spiro atoms.